The molecule has 0 radical (unpaired) electrons. The molecular weight excluding hydrogens is 246 g/mol. The van der Waals surface area contributed by atoms with E-state index in [0.717, 1.165) is 30.2 Å². The first-order valence-electron chi connectivity index (χ1n) is 5.97. The summed E-state index contributed by atoms with van der Waals surface area (Å²) in [5.41, 5.74) is 7.86. The van der Waals surface area contributed by atoms with E-state index >= 15 is 0 Å². The highest BCUT2D eigenvalue weighted by atomic mass is 32.1. The Morgan fingerprint density at radius 2 is 2.28 bits per heavy atom. The molecular formula is C12H19N5S. The lowest BCUT2D eigenvalue weighted by molar-refractivity contribution is 0.315. The van der Waals surface area contributed by atoms with Gasteiger partial charge in [-0.25, -0.2) is 4.98 Å². The van der Waals surface area contributed by atoms with Crippen molar-refractivity contribution in [3.8, 4) is 0 Å². The summed E-state index contributed by atoms with van der Waals surface area (Å²) in [6.45, 7) is 2.41. The van der Waals surface area contributed by atoms with Crippen LogP contribution in [0.3, 0.4) is 0 Å². The average Bonchev–Trinajstić information content (AvgIpc) is 2.89. The fraction of sp³-hybridized carbons (Fsp3) is 0.500. The maximum atomic E-state index is 5.52. The van der Waals surface area contributed by atoms with Gasteiger partial charge in [-0.3, -0.25) is 9.58 Å². The summed E-state index contributed by atoms with van der Waals surface area (Å²) < 4.78 is 1.82. The van der Waals surface area contributed by atoms with Gasteiger partial charge < -0.3 is 5.73 Å². The molecule has 2 aromatic rings. The van der Waals surface area contributed by atoms with Gasteiger partial charge >= 0.3 is 0 Å². The van der Waals surface area contributed by atoms with Crippen LogP contribution in [0, 0.1) is 0 Å². The highest BCUT2D eigenvalue weighted by Crippen LogP contribution is 2.12. The number of rotatable bonds is 6. The van der Waals surface area contributed by atoms with Crippen LogP contribution in [-0.4, -0.2) is 33.3 Å². The summed E-state index contributed by atoms with van der Waals surface area (Å²) in [6, 6.07) is 0. The van der Waals surface area contributed by atoms with E-state index in [1.807, 2.05) is 24.1 Å². The number of nitrogens with zero attached hydrogens (tertiary/aromatic N) is 4. The molecule has 0 bridgehead atoms. The van der Waals surface area contributed by atoms with Gasteiger partial charge in [0.25, 0.3) is 0 Å². The normalized spacial score (nSPS) is 11.3. The second-order valence-electron chi connectivity index (χ2n) is 4.47. The van der Waals surface area contributed by atoms with Gasteiger partial charge in [-0.2, -0.15) is 5.10 Å². The summed E-state index contributed by atoms with van der Waals surface area (Å²) in [5.74, 6) is 0. The Morgan fingerprint density at radius 3 is 2.94 bits per heavy atom. The molecule has 2 aromatic heterocycles. The molecule has 0 atom stereocenters. The van der Waals surface area contributed by atoms with E-state index < -0.39 is 0 Å². The van der Waals surface area contributed by atoms with E-state index in [4.69, 9.17) is 5.73 Å². The summed E-state index contributed by atoms with van der Waals surface area (Å²) in [6.07, 6.45) is 4.81. The van der Waals surface area contributed by atoms with Gasteiger partial charge in [-0.1, -0.05) is 0 Å². The second-order valence-corrected chi connectivity index (χ2v) is 5.41. The Morgan fingerprint density at radius 1 is 1.44 bits per heavy atom. The molecule has 0 saturated heterocycles. The lowest BCUT2D eigenvalue weighted by Gasteiger charge is -2.13. The summed E-state index contributed by atoms with van der Waals surface area (Å²) in [5, 5.41) is 7.41. The number of hydrogen-bond donors (Lipinski definition) is 1. The molecule has 0 amide bonds. The SMILES string of the molecule is CN(Cc1cnn(C)c1)Cc1csc(CCN)n1. The van der Waals surface area contributed by atoms with Crippen molar-refractivity contribution in [1.82, 2.24) is 19.7 Å². The van der Waals surface area contributed by atoms with Crippen LogP contribution < -0.4 is 5.73 Å². The minimum absolute atomic E-state index is 0.665. The van der Waals surface area contributed by atoms with Gasteiger partial charge in [-0.15, -0.1) is 11.3 Å². The molecule has 0 fully saturated rings. The average molecular weight is 265 g/mol. The van der Waals surface area contributed by atoms with E-state index in [-0.39, 0.29) is 0 Å². The van der Waals surface area contributed by atoms with Crippen molar-refractivity contribution in [3.63, 3.8) is 0 Å². The van der Waals surface area contributed by atoms with E-state index in [0.29, 0.717) is 6.54 Å². The number of thiazole rings is 1. The third-order valence-electron chi connectivity index (χ3n) is 2.60. The van der Waals surface area contributed by atoms with Gasteiger partial charge in [0.15, 0.2) is 0 Å². The number of hydrogen-bond acceptors (Lipinski definition) is 5. The van der Waals surface area contributed by atoms with Crippen LogP contribution in [0.2, 0.25) is 0 Å². The molecule has 0 unspecified atom stereocenters. The molecule has 0 aromatic carbocycles. The van der Waals surface area contributed by atoms with Gasteiger partial charge in [-0.05, 0) is 13.6 Å². The molecule has 2 heterocycles. The third-order valence-corrected chi connectivity index (χ3v) is 3.56. The Labute approximate surface area is 111 Å². The summed E-state index contributed by atoms with van der Waals surface area (Å²) >= 11 is 1.69. The van der Waals surface area contributed by atoms with Gasteiger partial charge in [0.05, 0.1) is 16.9 Å². The zero-order valence-corrected chi connectivity index (χ0v) is 11.7. The molecule has 98 valence electrons. The molecule has 18 heavy (non-hydrogen) atoms. The monoisotopic (exact) mass is 265 g/mol. The third kappa shape index (κ3) is 3.63. The Bertz CT molecular complexity index is 490. The van der Waals surface area contributed by atoms with Crippen LogP contribution in [0.5, 0.6) is 0 Å². The number of nitrogens with two attached hydrogens (primary N) is 1. The maximum absolute atomic E-state index is 5.52. The van der Waals surface area contributed by atoms with Gasteiger partial charge in [0.1, 0.15) is 0 Å². The summed E-state index contributed by atoms with van der Waals surface area (Å²) in [4.78, 5) is 6.80. The van der Waals surface area contributed by atoms with Gasteiger partial charge in [0.2, 0.25) is 0 Å². The van der Waals surface area contributed by atoms with Crippen molar-refractivity contribution in [3.05, 3.63) is 34.0 Å². The molecule has 6 heteroatoms. The van der Waals surface area contributed by atoms with Crippen LogP contribution in [0.25, 0.3) is 0 Å². The minimum Gasteiger partial charge on any atom is -0.330 e. The standard InChI is InChI=1S/C12H19N5S/c1-16(6-10-5-14-17(2)7-10)8-11-9-18-12(15-11)3-4-13/h5,7,9H,3-4,6,8,13H2,1-2H3. The first kappa shape index (κ1) is 13.2. The molecule has 0 aliphatic carbocycles. The predicted octanol–water partition coefficient (Wildman–Crippen LogP) is 1.01. The maximum Gasteiger partial charge on any atom is 0.0941 e. The highest BCUT2D eigenvalue weighted by molar-refractivity contribution is 7.09. The van der Waals surface area contributed by atoms with Crippen molar-refractivity contribution in [2.75, 3.05) is 13.6 Å². The fourth-order valence-electron chi connectivity index (χ4n) is 1.86. The predicted molar refractivity (Wildman–Crippen MR) is 73.3 cm³/mol. The molecule has 0 aliphatic rings. The minimum atomic E-state index is 0.665. The van der Waals surface area contributed by atoms with Crippen LogP contribution in [0.15, 0.2) is 17.8 Å². The first-order chi connectivity index (χ1) is 8.67. The Kier molecular flexibility index (Phi) is 4.46. The topological polar surface area (TPSA) is 60.0 Å². The highest BCUT2D eigenvalue weighted by Gasteiger charge is 2.06. The van der Waals surface area contributed by atoms with Crippen molar-refractivity contribution in [2.24, 2.45) is 12.8 Å². The summed E-state index contributed by atoms with van der Waals surface area (Å²) in [7, 11) is 4.03. The zero-order valence-electron chi connectivity index (χ0n) is 10.8. The number of aromatic nitrogens is 3. The fourth-order valence-corrected chi connectivity index (χ4v) is 2.66. The van der Waals surface area contributed by atoms with Crippen molar-refractivity contribution in [1.29, 1.82) is 0 Å². The van der Waals surface area contributed by atoms with Crippen LogP contribution in [-0.2, 0) is 26.6 Å². The largest absolute Gasteiger partial charge is 0.330 e. The zero-order chi connectivity index (χ0) is 13.0. The van der Waals surface area contributed by atoms with Crippen molar-refractivity contribution in [2.45, 2.75) is 19.5 Å². The molecule has 2 N–H and O–H groups in total. The Balaban J connectivity index is 1.88. The first-order valence-corrected chi connectivity index (χ1v) is 6.84. The van der Waals surface area contributed by atoms with Crippen LogP contribution >= 0.6 is 11.3 Å². The molecule has 0 saturated carbocycles. The molecule has 0 spiro atoms. The van der Waals surface area contributed by atoms with Crippen molar-refractivity contribution < 1.29 is 0 Å². The molecule has 5 nitrogen and oxygen atoms in total. The van der Waals surface area contributed by atoms with E-state index in [9.17, 15) is 0 Å². The molecule has 0 aliphatic heterocycles. The van der Waals surface area contributed by atoms with Crippen LogP contribution in [0.4, 0.5) is 0 Å². The quantitative estimate of drug-likeness (QED) is 0.847. The van der Waals surface area contributed by atoms with E-state index in [1.54, 1.807) is 11.3 Å². The second kappa shape index (κ2) is 6.08. The van der Waals surface area contributed by atoms with E-state index in [2.05, 4.69) is 27.4 Å². The van der Waals surface area contributed by atoms with Crippen LogP contribution in [0.1, 0.15) is 16.3 Å². The lowest BCUT2D eigenvalue weighted by atomic mass is 10.3. The van der Waals surface area contributed by atoms with E-state index in [1.165, 1.54) is 5.56 Å². The lowest BCUT2D eigenvalue weighted by Crippen LogP contribution is -2.17. The van der Waals surface area contributed by atoms with Crippen molar-refractivity contribution >= 4 is 11.3 Å². The molecule has 2 rings (SSSR count). The number of aryl methyl sites for hydroxylation is 1. The Hall–Kier alpha value is -1.24. The smallest absolute Gasteiger partial charge is 0.0941 e. The van der Waals surface area contributed by atoms with Gasteiger partial charge in [0, 0.05) is 43.7 Å².